The van der Waals surface area contributed by atoms with E-state index in [4.69, 9.17) is 22.0 Å². The standard InChI is InChI=1S/C25H20ClN3/c1-17-24(21-13-14-22(16-27)23(26)15-21)18(2)29(28-17)25(19-9-5-3-6-10-19)20-11-7-4-8-12-20/h3-15,25H,1-2H3. The van der Waals surface area contributed by atoms with E-state index in [2.05, 4.69) is 66.2 Å². The first-order valence-electron chi connectivity index (χ1n) is 9.45. The van der Waals surface area contributed by atoms with E-state index in [9.17, 15) is 0 Å². The van der Waals surface area contributed by atoms with Crippen LogP contribution in [0, 0.1) is 25.2 Å². The fraction of sp³-hybridized carbons (Fsp3) is 0.120. The molecule has 0 bridgehead atoms. The first-order chi connectivity index (χ1) is 14.1. The molecule has 4 aromatic rings. The number of hydrogen-bond donors (Lipinski definition) is 0. The largest absolute Gasteiger partial charge is 0.257 e. The molecule has 142 valence electrons. The zero-order valence-corrected chi connectivity index (χ0v) is 17.1. The van der Waals surface area contributed by atoms with Gasteiger partial charge in [-0.1, -0.05) is 78.3 Å². The molecule has 0 aliphatic carbocycles. The second kappa shape index (κ2) is 7.95. The van der Waals surface area contributed by atoms with Crippen LogP contribution >= 0.6 is 11.6 Å². The van der Waals surface area contributed by atoms with Gasteiger partial charge >= 0.3 is 0 Å². The lowest BCUT2D eigenvalue weighted by molar-refractivity contribution is 0.575. The van der Waals surface area contributed by atoms with Crippen LogP contribution in [0.4, 0.5) is 0 Å². The molecule has 0 aliphatic heterocycles. The number of benzene rings is 3. The topological polar surface area (TPSA) is 41.6 Å². The van der Waals surface area contributed by atoms with Crippen LogP contribution in [0.3, 0.4) is 0 Å². The van der Waals surface area contributed by atoms with E-state index < -0.39 is 0 Å². The van der Waals surface area contributed by atoms with Crippen LogP contribution in [0.1, 0.15) is 34.1 Å². The first kappa shape index (κ1) is 19.0. The summed E-state index contributed by atoms with van der Waals surface area (Å²) in [6.45, 7) is 4.10. The van der Waals surface area contributed by atoms with Crippen molar-refractivity contribution in [1.29, 1.82) is 5.26 Å². The van der Waals surface area contributed by atoms with Crippen LogP contribution in [-0.2, 0) is 0 Å². The van der Waals surface area contributed by atoms with Crippen molar-refractivity contribution < 1.29 is 0 Å². The molecule has 3 nitrogen and oxygen atoms in total. The number of nitriles is 1. The summed E-state index contributed by atoms with van der Waals surface area (Å²) in [6, 6.07) is 28.4. The zero-order valence-electron chi connectivity index (χ0n) is 16.3. The molecule has 0 N–H and O–H groups in total. The van der Waals surface area contributed by atoms with Crippen LogP contribution in [0.2, 0.25) is 5.02 Å². The quantitative estimate of drug-likeness (QED) is 0.403. The second-order valence-electron chi connectivity index (χ2n) is 7.02. The van der Waals surface area contributed by atoms with E-state index in [1.807, 2.05) is 31.2 Å². The highest BCUT2D eigenvalue weighted by Gasteiger charge is 2.23. The van der Waals surface area contributed by atoms with Crippen molar-refractivity contribution in [3.8, 4) is 17.2 Å². The Bertz CT molecular complexity index is 1150. The Hall–Kier alpha value is -3.35. The molecule has 0 fully saturated rings. The van der Waals surface area contributed by atoms with E-state index in [1.54, 1.807) is 6.07 Å². The molecule has 1 heterocycles. The summed E-state index contributed by atoms with van der Waals surface area (Å²) in [5.74, 6) is 0. The van der Waals surface area contributed by atoms with Crippen molar-refractivity contribution in [3.63, 3.8) is 0 Å². The number of rotatable bonds is 4. The molecule has 3 aromatic carbocycles. The molecule has 4 rings (SSSR count). The van der Waals surface area contributed by atoms with Crippen LogP contribution in [0.15, 0.2) is 78.9 Å². The van der Waals surface area contributed by atoms with Crippen molar-refractivity contribution in [3.05, 3.63) is 112 Å². The number of nitrogens with zero attached hydrogens (tertiary/aromatic N) is 3. The maximum absolute atomic E-state index is 9.17. The number of hydrogen-bond acceptors (Lipinski definition) is 2. The van der Waals surface area contributed by atoms with E-state index in [1.165, 1.54) is 11.1 Å². The molecule has 29 heavy (non-hydrogen) atoms. The predicted molar refractivity (Wildman–Crippen MR) is 117 cm³/mol. The summed E-state index contributed by atoms with van der Waals surface area (Å²) in [6.07, 6.45) is 0. The third kappa shape index (κ3) is 3.55. The molecule has 0 saturated carbocycles. The average Bonchev–Trinajstić information content (AvgIpc) is 3.03. The van der Waals surface area contributed by atoms with Crippen LogP contribution in [-0.4, -0.2) is 9.78 Å². The fourth-order valence-electron chi connectivity index (χ4n) is 3.84. The van der Waals surface area contributed by atoms with Gasteiger partial charge in [-0.25, -0.2) is 0 Å². The third-order valence-electron chi connectivity index (χ3n) is 5.18. The molecule has 0 radical (unpaired) electrons. The Morgan fingerprint density at radius 3 is 2.00 bits per heavy atom. The minimum Gasteiger partial charge on any atom is -0.257 e. The highest BCUT2D eigenvalue weighted by Crippen LogP contribution is 2.35. The van der Waals surface area contributed by atoms with Crippen LogP contribution in [0.5, 0.6) is 0 Å². The van der Waals surface area contributed by atoms with Gasteiger partial charge in [-0.2, -0.15) is 10.4 Å². The van der Waals surface area contributed by atoms with E-state index in [0.29, 0.717) is 10.6 Å². The molecule has 0 saturated heterocycles. The molecule has 0 unspecified atom stereocenters. The van der Waals surface area contributed by atoms with Gasteiger partial charge in [0.2, 0.25) is 0 Å². The monoisotopic (exact) mass is 397 g/mol. The highest BCUT2D eigenvalue weighted by molar-refractivity contribution is 6.32. The van der Waals surface area contributed by atoms with Gasteiger partial charge in [0.05, 0.1) is 16.3 Å². The van der Waals surface area contributed by atoms with Gasteiger partial charge in [-0.15, -0.1) is 0 Å². The fourth-order valence-corrected chi connectivity index (χ4v) is 4.06. The zero-order chi connectivity index (χ0) is 20.4. The maximum Gasteiger partial charge on any atom is 0.102 e. The van der Waals surface area contributed by atoms with Gasteiger partial charge in [0.25, 0.3) is 0 Å². The van der Waals surface area contributed by atoms with Gasteiger partial charge in [0.1, 0.15) is 12.1 Å². The summed E-state index contributed by atoms with van der Waals surface area (Å²) >= 11 is 6.30. The number of aryl methyl sites for hydroxylation is 1. The Balaban J connectivity index is 1.89. The lowest BCUT2D eigenvalue weighted by atomic mass is 9.98. The second-order valence-corrected chi connectivity index (χ2v) is 7.43. The molecule has 0 amide bonds. The van der Waals surface area contributed by atoms with Crippen LogP contribution < -0.4 is 0 Å². The number of aromatic nitrogens is 2. The molecular formula is C25H20ClN3. The minimum absolute atomic E-state index is 0.0290. The SMILES string of the molecule is Cc1nn(C(c2ccccc2)c2ccccc2)c(C)c1-c1ccc(C#N)c(Cl)c1. The van der Waals surface area contributed by atoms with Crippen molar-refractivity contribution in [2.75, 3.05) is 0 Å². The van der Waals surface area contributed by atoms with Crippen molar-refractivity contribution in [1.82, 2.24) is 9.78 Å². The maximum atomic E-state index is 9.17. The van der Waals surface area contributed by atoms with Crippen molar-refractivity contribution in [2.45, 2.75) is 19.9 Å². The van der Waals surface area contributed by atoms with Gasteiger partial charge in [0, 0.05) is 11.3 Å². The Morgan fingerprint density at radius 2 is 1.48 bits per heavy atom. The Morgan fingerprint density at radius 1 is 0.897 bits per heavy atom. The smallest absolute Gasteiger partial charge is 0.102 e. The summed E-state index contributed by atoms with van der Waals surface area (Å²) in [4.78, 5) is 0. The van der Waals surface area contributed by atoms with Crippen LogP contribution in [0.25, 0.3) is 11.1 Å². The molecule has 4 heteroatoms. The van der Waals surface area contributed by atoms with E-state index >= 15 is 0 Å². The van der Waals surface area contributed by atoms with Gasteiger partial charge in [-0.05, 0) is 42.7 Å². The first-order valence-corrected chi connectivity index (χ1v) is 9.83. The summed E-state index contributed by atoms with van der Waals surface area (Å²) in [5, 5.41) is 14.5. The summed E-state index contributed by atoms with van der Waals surface area (Å²) < 4.78 is 2.08. The third-order valence-corrected chi connectivity index (χ3v) is 5.49. The van der Waals surface area contributed by atoms with Gasteiger partial charge < -0.3 is 0 Å². The lowest BCUT2D eigenvalue weighted by Gasteiger charge is -2.21. The molecule has 1 aromatic heterocycles. The van der Waals surface area contributed by atoms with E-state index in [0.717, 1.165) is 22.5 Å². The molecule has 0 aliphatic rings. The minimum atomic E-state index is -0.0290. The Labute approximate surface area is 175 Å². The molecular weight excluding hydrogens is 378 g/mol. The Kier molecular flexibility index (Phi) is 5.20. The molecule has 0 spiro atoms. The van der Waals surface area contributed by atoms with E-state index in [-0.39, 0.29) is 6.04 Å². The molecule has 0 atom stereocenters. The van der Waals surface area contributed by atoms with Gasteiger partial charge in [0.15, 0.2) is 0 Å². The normalized spacial score (nSPS) is 10.9. The van der Waals surface area contributed by atoms with Crippen molar-refractivity contribution >= 4 is 11.6 Å². The summed E-state index contributed by atoms with van der Waals surface area (Å²) in [7, 11) is 0. The van der Waals surface area contributed by atoms with Gasteiger partial charge in [-0.3, -0.25) is 4.68 Å². The van der Waals surface area contributed by atoms with Crippen molar-refractivity contribution in [2.24, 2.45) is 0 Å². The lowest BCUT2D eigenvalue weighted by Crippen LogP contribution is -2.15. The highest BCUT2D eigenvalue weighted by atomic mass is 35.5. The number of halogens is 1. The average molecular weight is 398 g/mol. The summed E-state index contributed by atoms with van der Waals surface area (Å²) in [5.41, 5.74) is 6.83. The predicted octanol–water partition coefficient (Wildman–Crippen LogP) is 6.33.